The molecule has 4 heteroatoms. The standard InChI is InChI=1S/C17H18O3S/c1-3-15-6-4-5-7-16(15)12-13-20-21(18,19)17-10-8-14(2)9-11-17/h3-11H,1,12-13H2,2H3. The van der Waals surface area contributed by atoms with Crippen LogP contribution in [0, 0.1) is 6.92 Å². The van der Waals surface area contributed by atoms with Gasteiger partial charge in [0, 0.05) is 0 Å². The van der Waals surface area contributed by atoms with E-state index in [2.05, 4.69) is 6.58 Å². The number of benzene rings is 2. The lowest BCUT2D eigenvalue weighted by Gasteiger charge is -2.08. The van der Waals surface area contributed by atoms with Gasteiger partial charge in [-0.05, 0) is 36.6 Å². The Kier molecular flexibility index (Phi) is 4.94. The first-order chi connectivity index (χ1) is 10.0. The van der Waals surface area contributed by atoms with Crippen LogP contribution >= 0.6 is 0 Å². The van der Waals surface area contributed by atoms with Crippen LogP contribution in [-0.4, -0.2) is 15.0 Å². The van der Waals surface area contributed by atoms with E-state index in [4.69, 9.17) is 4.18 Å². The Hall–Kier alpha value is -1.91. The van der Waals surface area contributed by atoms with Crippen molar-refractivity contribution in [2.45, 2.75) is 18.2 Å². The van der Waals surface area contributed by atoms with E-state index in [1.54, 1.807) is 30.3 Å². The molecule has 0 amide bonds. The molecule has 3 nitrogen and oxygen atoms in total. The van der Waals surface area contributed by atoms with Crippen LogP contribution in [0.3, 0.4) is 0 Å². The normalized spacial score (nSPS) is 11.3. The van der Waals surface area contributed by atoms with Crippen LogP contribution < -0.4 is 0 Å². The maximum atomic E-state index is 12.0. The summed E-state index contributed by atoms with van der Waals surface area (Å²) in [5, 5.41) is 0. The molecule has 0 unspecified atom stereocenters. The zero-order valence-electron chi connectivity index (χ0n) is 12.0. The third-order valence-corrected chi connectivity index (χ3v) is 4.52. The molecule has 0 aliphatic carbocycles. The highest BCUT2D eigenvalue weighted by atomic mass is 32.2. The predicted molar refractivity (Wildman–Crippen MR) is 84.6 cm³/mol. The van der Waals surface area contributed by atoms with Crippen molar-refractivity contribution in [2.24, 2.45) is 0 Å². The van der Waals surface area contributed by atoms with Gasteiger partial charge in [0.2, 0.25) is 0 Å². The van der Waals surface area contributed by atoms with Gasteiger partial charge in [-0.15, -0.1) is 0 Å². The minimum absolute atomic E-state index is 0.112. The van der Waals surface area contributed by atoms with Gasteiger partial charge in [-0.2, -0.15) is 8.42 Å². The van der Waals surface area contributed by atoms with Crippen molar-refractivity contribution in [1.82, 2.24) is 0 Å². The topological polar surface area (TPSA) is 43.4 Å². The highest BCUT2D eigenvalue weighted by Crippen LogP contribution is 2.15. The van der Waals surface area contributed by atoms with Gasteiger partial charge in [-0.3, -0.25) is 4.18 Å². The second-order valence-electron chi connectivity index (χ2n) is 4.74. The Balaban J connectivity index is 2.02. The molecule has 0 aromatic heterocycles. The molecule has 0 radical (unpaired) electrons. The monoisotopic (exact) mass is 302 g/mol. The molecule has 2 aromatic carbocycles. The number of rotatable bonds is 6. The van der Waals surface area contributed by atoms with Gasteiger partial charge >= 0.3 is 0 Å². The fourth-order valence-corrected chi connectivity index (χ4v) is 2.90. The highest BCUT2D eigenvalue weighted by molar-refractivity contribution is 7.86. The molecule has 0 bridgehead atoms. The summed E-state index contributed by atoms with van der Waals surface area (Å²) in [7, 11) is -3.69. The average molecular weight is 302 g/mol. The molecular formula is C17H18O3S. The number of hydrogen-bond acceptors (Lipinski definition) is 3. The Morgan fingerprint density at radius 1 is 1.10 bits per heavy atom. The summed E-state index contributed by atoms with van der Waals surface area (Å²) >= 11 is 0. The third kappa shape index (κ3) is 4.03. The number of hydrogen-bond donors (Lipinski definition) is 0. The first-order valence-corrected chi connectivity index (χ1v) is 8.10. The largest absolute Gasteiger partial charge is 0.296 e. The van der Waals surface area contributed by atoms with Crippen LogP contribution in [0.2, 0.25) is 0 Å². The fourth-order valence-electron chi connectivity index (χ4n) is 2.00. The van der Waals surface area contributed by atoms with Crippen LogP contribution in [0.4, 0.5) is 0 Å². The Labute approximate surface area is 126 Å². The summed E-state index contributed by atoms with van der Waals surface area (Å²) in [6.07, 6.45) is 2.27. The molecule has 2 aromatic rings. The highest BCUT2D eigenvalue weighted by Gasteiger charge is 2.14. The van der Waals surface area contributed by atoms with E-state index in [0.717, 1.165) is 16.7 Å². The quantitative estimate of drug-likeness (QED) is 0.766. The summed E-state index contributed by atoms with van der Waals surface area (Å²) in [5.41, 5.74) is 3.02. The first kappa shape index (κ1) is 15.5. The predicted octanol–water partition coefficient (Wildman–Crippen LogP) is 3.59. The van der Waals surface area contributed by atoms with E-state index in [0.29, 0.717) is 6.42 Å². The SMILES string of the molecule is C=Cc1ccccc1CCOS(=O)(=O)c1ccc(C)cc1. The lowest BCUT2D eigenvalue weighted by atomic mass is 10.1. The minimum atomic E-state index is -3.69. The molecule has 0 aliphatic heterocycles. The van der Waals surface area contributed by atoms with Gasteiger partial charge < -0.3 is 0 Å². The van der Waals surface area contributed by atoms with Gasteiger partial charge in [-0.1, -0.05) is 54.6 Å². The van der Waals surface area contributed by atoms with E-state index in [-0.39, 0.29) is 11.5 Å². The van der Waals surface area contributed by atoms with Crippen LogP contribution in [0.5, 0.6) is 0 Å². The molecule has 0 N–H and O–H groups in total. The Bertz CT molecular complexity index is 716. The fraction of sp³-hybridized carbons (Fsp3) is 0.176. The van der Waals surface area contributed by atoms with Gasteiger partial charge in [0.05, 0.1) is 11.5 Å². The molecule has 0 saturated heterocycles. The van der Waals surface area contributed by atoms with Crippen LogP contribution in [0.25, 0.3) is 6.08 Å². The van der Waals surface area contributed by atoms with Crippen molar-refractivity contribution < 1.29 is 12.6 Å². The van der Waals surface area contributed by atoms with Crippen molar-refractivity contribution in [1.29, 1.82) is 0 Å². The third-order valence-electron chi connectivity index (χ3n) is 3.19. The maximum absolute atomic E-state index is 12.0. The average Bonchev–Trinajstić information content (AvgIpc) is 2.48. The smallest absolute Gasteiger partial charge is 0.266 e. The van der Waals surface area contributed by atoms with E-state index in [9.17, 15) is 8.42 Å². The molecule has 0 spiro atoms. The number of aryl methyl sites for hydroxylation is 1. The molecular weight excluding hydrogens is 284 g/mol. The molecule has 0 heterocycles. The lowest BCUT2D eigenvalue weighted by molar-refractivity contribution is 0.322. The van der Waals surface area contributed by atoms with Crippen molar-refractivity contribution in [2.75, 3.05) is 6.61 Å². The Morgan fingerprint density at radius 3 is 2.43 bits per heavy atom. The molecule has 0 atom stereocenters. The lowest BCUT2D eigenvalue weighted by Crippen LogP contribution is -2.09. The van der Waals surface area contributed by atoms with Gasteiger partial charge in [0.1, 0.15) is 0 Å². The zero-order chi connectivity index (χ0) is 15.3. The molecule has 0 aliphatic rings. The van der Waals surface area contributed by atoms with Crippen molar-refractivity contribution >= 4 is 16.2 Å². The zero-order valence-corrected chi connectivity index (χ0v) is 12.8. The van der Waals surface area contributed by atoms with E-state index in [1.165, 1.54) is 0 Å². The summed E-state index contributed by atoms with van der Waals surface area (Å²) in [4.78, 5) is 0.185. The van der Waals surface area contributed by atoms with Gasteiger partial charge in [0.15, 0.2) is 0 Å². The van der Waals surface area contributed by atoms with Gasteiger partial charge in [-0.25, -0.2) is 0 Å². The minimum Gasteiger partial charge on any atom is -0.266 e. The van der Waals surface area contributed by atoms with Crippen molar-refractivity contribution in [3.05, 3.63) is 71.8 Å². The van der Waals surface area contributed by atoms with Crippen LogP contribution in [0.15, 0.2) is 60.0 Å². The summed E-state index contributed by atoms with van der Waals surface area (Å²) < 4.78 is 29.2. The summed E-state index contributed by atoms with van der Waals surface area (Å²) in [5.74, 6) is 0. The van der Waals surface area contributed by atoms with E-state index in [1.807, 2.05) is 31.2 Å². The van der Waals surface area contributed by atoms with Crippen LogP contribution in [0.1, 0.15) is 16.7 Å². The molecule has 21 heavy (non-hydrogen) atoms. The first-order valence-electron chi connectivity index (χ1n) is 6.69. The van der Waals surface area contributed by atoms with E-state index >= 15 is 0 Å². The maximum Gasteiger partial charge on any atom is 0.296 e. The molecule has 0 saturated carbocycles. The molecule has 110 valence electrons. The van der Waals surface area contributed by atoms with Crippen LogP contribution in [-0.2, 0) is 20.7 Å². The van der Waals surface area contributed by atoms with E-state index < -0.39 is 10.1 Å². The van der Waals surface area contributed by atoms with Gasteiger partial charge in [0.25, 0.3) is 10.1 Å². The Morgan fingerprint density at radius 2 is 1.76 bits per heavy atom. The second-order valence-corrected chi connectivity index (χ2v) is 6.36. The molecule has 0 fully saturated rings. The second kappa shape index (κ2) is 6.70. The summed E-state index contributed by atoms with van der Waals surface area (Å²) in [6.45, 7) is 5.76. The van der Waals surface area contributed by atoms with Crippen molar-refractivity contribution in [3.63, 3.8) is 0 Å². The van der Waals surface area contributed by atoms with Crippen molar-refractivity contribution in [3.8, 4) is 0 Å². The molecule has 2 rings (SSSR count). The summed E-state index contributed by atoms with van der Waals surface area (Å²) in [6, 6.07) is 14.3.